The largest absolute Gasteiger partial charge is 0.476 e. The van der Waals surface area contributed by atoms with Gasteiger partial charge in [-0.1, -0.05) is 0 Å². The van der Waals surface area contributed by atoms with E-state index in [1.165, 1.54) is 7.05 Å². The molecular formula is C6H6N2O5S. The van der Waals surface area contributed by atoms with Gasteiger partial charge < -0.3 is 10.4 Å². The molecule has 0 aliphatic carbocycles. The van der Waals surface area contributed by atoms with Crippen LogP contribution in [0.1, 0.15) is 0 Å². The van der Waals surface area contributed by atoms with E-state index in [-0.39, 0.29) is 0 Å². The van der Waals surface area contributed by atoms with Crippen molar-refractivity contribution in [3.05, 3.63) is 11.0 Å². The third-order valence-electron chi connectivity index (χ3n) is 1.43. The zero-order valence-electron chi connectivity index (χ0n) is 7.01. The zero-order valence-corrected chi connectivity index (χ0v) is 7.83. The van der Waals surface area contributed by atoms with Crippen LogP contribution >= 0.6 is 0 Å². The number of carboxylic acid groups (broad SMARTS) is 1. The number of carbonyl (C=O) groups excluding carboxylic acids is 1. The van der Waals surface area contributed by atoms with Gasteiger partial charge in [-0.2, -0.15) is 12.8 Å². The van der Waals surface area contributed by atoms with Crippen molar-refractivity contribution in [1.82, 2.24) is 5.32 Å². The molecule has 1 aliphatic heterocycles. The van der Waals surface area contributed by atoms with E-state index in [1.54, 1.807) is 0 Å². The molecule has 0 saturated carbocycles. The summed E-state index contributed by atoms with van der Waals surface area (Å²) in [6.07, 6.45) is 0.719. The van der Waals surface area contributed by atoms with Gasteiger partial charge in [0, 0.05) is 7.05 Å². The van der Waals surface area contributed by atoms with Gasteiger partial charge in [-0.3, -0.25) is 4.79 Å². The van der Waals surface area contributed by atoms with E-state index in [1.807, 2.05) is 0 Å². The number of likely N-dealkylation sites (N-methyl/N-ethyl adjacent to an activating group) is 1. The van der Waals surface area contributed by atoms with Crippen LogP contribution in [-0.2, 0) is 19.6 Å². The fraction of sp³-hybridized carbons (Fsp3) is 0.167. The summed E-state index contributed by atoms with van der Waals surface area (Å²) in [5.74, 6) is -2.38. The van der Waals surface area contributed by atoms with E-state index in [0.29, 0.717) is 0 Å². The highest BCUT2D eigenvalue weighted by Gasteiger charge is 2.32. The second kappa shape index (κ2) is 3.22. The predicted molar refractivity (Wildman–Crippen MR) is 46.1 cm³/mol. The first kappa shape index (κ1) is 10.4. The maximum Gasteiger partial charge on any atom is 0.355 e. The summed E-state index contributed by atoms with van der Waals surface area (Å²) in [4.78, 5) is 20.7. The van der Waals surface area contributed by atoms with Crippen LogP contribution < -0.4 is 5.32 Å². The number of nitrogens with zero attached hydrogens (tertiary/aromatic N) is 1. The molecule has 0 radical (unpaired) electrons. The van der Waals surface area contributed by atoms with Gasteiger partial charge in [0.2, 0.25) is 0 Å². The number of hydrogen-bond donors (Lipinski definition) is 2. The summed E-state index contributed by atoms with van der Waals surface area (Å²) in [5, 5.41) is 10.5. The Morgan fingerprint density at radius 3 is 2.43 bits per heavy atom. The standard InChI is InChI=1S/C6H6N2O5S/c1-7-5(9)4-2-3(6(10)11)8-14(4,12)13/h2H,1H3,(H,7,9)(H,10,11). The number of amides is 1. The van der Waals surface area contributed by atoms with Gasteiger partial charge in [0.05, 0.1) is 0 Å². The normalized spacial score (nSPS) is 18.4. The molecule has 0 unspecified atom stereocenters. The Kier molecular flexibility index (Phi) is 2.39. The first-order chi connectivity index (χ1) is 6.38. The molecule has 76 valence electrons. The molecule has 0 aromatic rings. The first-order valence-corrected chi connectivity index (χ1v) is 4.84. The lowest BCUT2D eigenvalue weighted by Gasteiger charge is -1.96. The van der Waals surface area contributed by atoms with Crippen LogP contribution in [0.15, 0.2) is 15.4 Å². The van der Waals surface area contributed by atoms with Gasteiger partial charge >= 0.3 is 5.97 Å². The molecule has 0 atom stereocenters. The fourth-order valence-electron chi connectivity index (χ4n) is 0.810. The van der Waals surface area contributed by atoms with E-state index in [9.17, 15) is 18.0 Å². The summed E-state index contributed by atoms with van der Waals surface area (Å²) in [6, 6.07) is 0. The molecule has 7 nitrogen and oxygen atoms in total. The Balaban J connectivity index is 3.21. The van der Waals surface area contributed by atoms with E-state index in [0.717, 1.165) is 6.08 Å². The smallest absolute Gasteiger partial charge is 0.355 e. The maximum absolute atomic E-state index is 11.1. The van der Waals surface area contributed by atoms with Gasteiger partial charge in [-0.05, 0) is 6.08 Å². The Bertz CT molecular complexity index is 459. The number of sulfonamides is 1. The summed E-state index contributed by atoms with van der Waals surface area (Å²) >= 11 is 0. The fourth-order valence-corrected chi connectivity index (χ4v) is 1.90. The third-order valence-corrected chi connectivity index (χ3v) is 2.73. The summed E-state index contributed by atoms with van der Waals surface area (Å²) in [7, 11) is -2.90. The van der Waals surface area contributed by atoms with Crippen molar-refractivity contribution < 1.29 is 23.1 Å². The third kappa shape index (κ3) is 1.64. The SMILES string of the molecule is CNC(=O)C1=CC(C(=O)O)=NS1(=O)=O. The van der Waals surface area contributed by atoms with E-state index < -0.39 is 32.5 Å². The molecule has 0 bridgehead atoms. The lowest BCUT2D eigenvalue weighted by atomic mass is 10.3. The molecular weight excluding hydrogens is 212 g/mol. The van der Waals surface area contributed by atoms with Gasteiger partial charge in [-0.25, -0.2) is 4.79 Å². The zero-order chi connectivity index (χ0) is 10.9. The monoisotopic (exact) mass is 218 g/mol. The van der Waals surface area contributed by atoms with E-state index in [4.69, 9.17) is 5.11 Å². The Morgan fingerprint density at radius 1 is 1.50 bits per heavy atom. The molecule has 2 N–H and O–H groups in total. The second-order valence-corrected chi connectivity index (χ2v) is 3.92. The Labute approximate surface area is 79.2 Å². The second-order valence-electron chi connectivity index (χ2n) is 2.34. The average molecular weight is 218 g/mol. The van der Waals surface area contributed by atoms with Crippen molar-refractivity contribution >= 4 is 27.6 Å². The molecule has 1 amide bonds. The van der Waals surface area contributed by atoms with E-state index in [2.05, 4.69) is 9.71 Å². The minimum atomic E-state index is -4.14. The Hall–Kier alpha value is -1.70. The highest BCUT2D eigenvalue weighted by Crippen LogP contribution is 2.16. The average Bonchev–Trinajstić information content (AvgIpc) is 2.40. The summed E-state index contributed by atoms with van der Waals surface area (Å²) in [5.41, 5.74) is -0.663. The van der Waals surface area contributed by atoms with Crippen molar-refractivity contribution in [3.63, 3.8) is 0 Å². The van der Waals surface area contributed by atoms with Gasteiger partial charge in [0.1, 0.15) is 0 Å². The van der Waals surface area contributed by atoms with E-state index >= 15 is 0 Å². The number of hydrogen-bond acceptors (Lipinski definition) is 4. The lowest BCUT2D eigenvalue weighted by molar-refractivity contribution is -0.129. The van der Waals surface area contributed by atoms with Crippen LogP contribution in [0.4, 0.5) is 0 Å². The molecule has 0 saturated heterocycles. The molecule has 0 aromatic carbocycles. The minimum absolute atomic E-state index is 0.655. The summed E-state index contributed by atoms with van der Waals surface area (Å²) in [6.45, 7) is 0. The number of carboxylic acids is 1. The first-order valence-electron chi connectivity index (χ1n) is 3.40. The summed E-state index contributed by atoms with van der Waals surface area (Å²) < 4.78 is 25.1. The van der Waals surface area contributed by atoms with Crippen molar-refractivity contribution in [3.8, 4) is 0 Å². The highest BCUT2D eigenvalue weighted by atomic mass is 32.2. The molecule has 14 heavy (non-hydrogen) atoms. The lowest BCUT2D eigenvalue weighted by Crippen LogP contribution is -2.22. The number of rotatable bonds is 2. The van der Waals surface area contributed by atoms with Crippen LogP contribution in [0.5, 0.6) is 0 Å². The minimum Gasteiger partial charge on any atom is -0.476 e. The topological polar surface area (TPSA) is 113 Å². The van der Waals surface area contributed by atoms with Crippen LogP contribution in [0.25, 0.3) is 0 Å². The molecule has 1 rings (SSSR count). The van der Waals surface area contributed by atoms with Crippen molar-refractivity contribution in [2.75, 3.05) is 7.05 Å². The van der Waals surface area contributed by atoms with Crippen molar-refractivity contribution in [2.24, 2.45) is 4.40 Å². The van der Waals surface area contributed by atoms with Gasteiger partial charge in [0.15, 0.2) is 10.6 Å². The quantitative estimate of drug-likeness (QED) is 0.584. The number of aliphatic carboxylic acids is 1. The van der Waals surface area contributed by atoms with Crippen LogP contribution in [0, 0.1) is 0 Å². The van der Waals surface area contributed by atoms with Crippen LogP contribution in [0.2, 0.25) is 0 Å². The van der Waals surface area contributed by atoms with Crippen molar-refractivity contribution in [1.29, 1.82) is 0 Å². The van der Waals surface area contributed by atoms with Crippen LogP contribution in [-0.4, -0.2) is 38.2 Å². The molecule has 8 heteroatoms. The van der Waals surface area contributed by atoms with Gasteiger partial charge in [-0.15, -0.1) is 0 Å². The number of carbonyl (C=O) groups is 2. The molecule has 0 fully saturated rings. The maximum atomic E-state index is 11.1. The molecule has 0 aromatic heterocycles. The Morgan fingerprint density at radius 2 is 2.07 bits per heavy atom. The van der Waals surface area contributed by atoms with Gasteiger partial charge in [0.25, 0.3) is 15.9 Å². The molecule has 1 heterocycles. The van der Waals surface area contributed by atoms with Crippen molar-refractivity contribution in [2.45, 2.75) is 0 Å². The predicted octanol–water partition coefficient (Wildman–Crippen LogP) is -1.51. The highest BCUT2D eigenvalue weighted by molar-refractivity contribution is 7.95. The molecule has 0 spiro atoms. The number of nitrogens with one attached hydrogen (secondary N) is 1. The van der Waals surface area contributed by atoms with Crippen LogP contribution in [0.3, 0.4) is 0 Å². The molecule has 1 aliphatic rings.